The predicted molar refractivity (Wildman–Crippen MR) is 79.7 cm³/mol. The average Bonchev–Trinajstić information content (AvgIpc) is 2.40. The Kier molecular flexibility index (Phi) is 5.15. The first-order chi connectivity index (χ1) is 9.75. The molecule has 0 amide bonds. The fourth-order valence-electron chi connectivity index (χ4n) is 2.34. The quantitative estimate of drug-likeness (QED) is 0.783. The predicted octanol–water partition coefficient (Wildman–Crippen LogP) is 3.02. The Morgan fingerprint density at radius 3 is 2.43 bits per heavy atom. The van der Waals surface area contributed by atoms with E-state index in [1.165, 1.54) is 10.4 Å². The number of benzene rings is 1. The lowest BCUT2D eigenvalue weighted by Crippen LogP contribution is -2.48. The molecule has 0 saturated carbocycles. The topological polar surface area (TPSA) is 46.6 Å². The molecule has 0 spiro atoms. The molecule has 1 aromatic carbocycles. The zero-order chi connectivity index (χ0) is 15.8. The summed E-state index contributed by atoms with van der Waals surface area (Å²) in [6.07, 6.45) is -0.429. The van der Waals surface area contributed by atoms with Crippen molar-refractivity contribution in [3.63, 3.8) is 0 Å². The van der Waals surface area contributed by atoms with Crippen LogP contribution < -0.4 is 0 Å². The molecular formula is C13H16Cl2FNO3S. The van der Waals surface area contributed by atoms with Gasteiger partial charge in [-0.15, -0.1) is 11.6 Å². The van der Waals surface area contributed by atoms with Crippen LogP contribution in [-0.2, 0) is 20.6 Å². The number of rotatable bonds is 3. The van der Waals surface area contributed by atoms with Crippen molar-refractivity contribution < 1.29 is 17.5 Å². The smallest absolute Gasteiger partial charge is 0.243 e. The van der Waals surface area contributed by atoms with E-state index >= 15 is 0 Å². The van der Waals surface area contributed by atoms with Gasteiger partial charge in [0, 0.05) is 19.0 Å². The number of hydrogen-bond acceptors (Lipinski definition) is 3. The second kappa shape index (κ2) is 6.38. The maximum absolute atomic E-state index is 13.8. The third kappa shape index (κ3) is 3.51. The number of alkyl halides is 1. The summed E-state index contributed by atoms with van der Waals surface area (Å²) in [6.45, 7) is 4.05. The van der Waals surface area contributed by atoms with E-state index in [1.807, 2.05) is 0 Å². The zero-order valence-corrected chi connectivity index (χ0v) is 14.0. The van der Waals surface area contributed by atoms with Crippen molar-refractivity contribution in [1.29, 1.82) is 0 Å². The average molecular weight is 356 g/mol. The van der Waals surface area contributed by atoms with Gasteiger partial charge in [0.25, 0.3) is 0 Å². The van der Waals surface area contributed by atoms with E-state index in [0.29, 0.717) is 0 Å². The summed E-state index contributed by atoms with van der Waals surface area (Å²) in [5, 5.41) is -0.146. The molecule has 1 saturated heterocycles. The second-order valence-corrected chi connectivity index (χ2v) is 7.67. The molecule has 0 aliphatic carbocycles. The van der Waals surface area contributed by atoms with Crippen LogP contribution in [0.25, 0.3) is 0 Å². The van der Waals surface area contributed by atoms with Crippen LogP contribution in [-0.4, -0.2) is 38.0 Å². The lowest BCUT2D eigenvalue weighted by atomic mass is 10.2. The van der Waals surface area contributed by atoms with Crippen molar-refractivity contribution in [2.45, 2.75) is 36.8 Å². The zero-order valence-electron chi connectivity index (χ0n) is 11.6. The molecule has 1 aliphatic rings. The Bertz CT molecular complexity index is 629. The minimum absolute atomic E-state index is 0.0605. The molecule has 4 nitrogen and oxygen atoms in total. The monoisotopic (exact) mass is 355 g/mol. The lowest BCUT2D eigenvalue weighted by molar-refractivity contribution is -0.0440. The molecule has 0 radical (unpaired) electrons. The first-order valence-electron chi connectivity index (χ1n) is 6.45. The third-order valence-corrected chi connectivity index (χ3v) is 5.77. The van der Waals surface area contributed by atoms with Crippen LogP contribution in [0.5, 0.6) is 0 Å². The minimum Gasteiger partial charge on any atom is -0.373 e. The Morgan fingerprint density at radius 1 is 1.33 bits per heavy atom. The number of nitrogens with zero attached hydrogens (tertiary/aromatic N) is 1. The van der Waals surface area contributed by atoms with Crippen molar-refractivity contribution in [2.75, 3.05) is 13.1 Å². The van der Waals surface area contributed by atoms with Gasteiger partial charge in [0.15, 0.2) is 0 Å². The fraction of sp³-hybridized carbons (Fsp3) is 0.538. The van der Waals surface area contributed by atoms with Gasteiger partial charge in [0.05, 0.1) is 22.1 Å². The maximum atomic E-state index is 13.8. The molecule has 1 heterocycles. The van der Waals surface area contributed by atoms with Gasteiger partial charge in [-0.25, -0.2) is 12.8 Å². The first kappa shape index (κ1) is 17.0. The molecule has 0 aromatic heterocycles. The van der Waals surface area contributed by atoms with Gasteiger partial charge < -0.3 is 4.74 Å². The SMILES string of the molecule is C[C@@H]1CN(S(=O)(=O)c2cc(F)c(Cl)c(CCl)c2)C[C@H](C)O1. The van der Waals surface area contributed by atoms with Crippen molar-refractivity contribution in [3.8, 4) is 0 Å². The van der Waals surface area contributed by atoms with Gasteiger partial charge in [-0.1, -0.05) is 11.6 Å². The van der Waals surface area contributed by atoms with Crippen LogP contribution in [0.2, 0.25) is 5.02 Å². The lowest BCUT2D eigenvalue weighted by Gasteiger charge is -2.34. The number of hydrogen-bond donors (Lipinski definition) is 0. The molecule has 21 heavy (non-hydrogen) atoms. The van der Waals surface area contributed by atoms with Crippen LogP contribution >= 0.6 is 23.2 Å². The van der Waals surface area contributed by atoms with E-state index in [1.54, 1.807) is 13.8 Å². The summed E-state index contributed by atoms with van der Waals surface area (Å²) >= 11 is 11.4. The van der Waals surface area contributed by atoms with Crippen LogP contribution in [0.4, 0.5) is 4.39 Å². The summed E-state index contributed by atoms with van der Waals surface area (Å²) in [6, 6.07) is 2.25. The summed E-state index contributed by atoms with van der Waals surface area (Å²) in [5.41, 5.74) is 0.256. The van der Waals surface area contributed by atoms with E-state index in [2.05, 4.69) is 0 Å². The standard InChI is InChI=1S/C13H16Cl2FNO3S/c1-8-6-17(7-9(2)20-8)21(18,19)11-3-10(5-14)13(15)12(16)4-11/h3-4,8-9H,5-7H2,1-2H3/t8-,9+. The summed E-state index contributed by atoms with van der Waals surface area (Å²) in [4.78, 5) is -0.138. The maximum Gasteiger partial charge on any atom is 0.243 e. The Morgan fingerprint density at radius 2 is 1.90 bits per heavy atom. The molecule has 118 valence electrons. The largest absolute Gasteiger partial charge is 0.373 e. The number of ether oxygens (including phenoxy) is 1. The van der Waals surface area contributed by atoms with E-state index in [0.717, 1.165) is 6.07 Å². The third-order valence-electron chi connectivity index (χ3n) is 3.24. The van der Waals surface area contributed by atoms with Crippen LogP contribution in [0.15, 0.2) is 17.0 Å². The van der Waals surface area contributed by atoms with Gasteiger partial charge in [0.2, 0.25) is 10.0 Å². The van der Waals surface area contributed by atoms with E-state index in [4.69, 9.17) is 27.9 Å². The Balaban J connectivity index is 2.42. The van der Waals surface area contributed by atoms with Gasteiger partial charge in [-0.3, -0.25) is 0 Å². The number of sulfonamides is 1. The van der Waals surface area contributed by atoms with E-state index in [-0.39, 0.29) is 46.7 Å². The van der Waals surface area contributed by atoms with Crippen LogP contribution in [0.3, 0.4) is 0 Å². The Labute approximate surface area is 133 Å². The van der Waals surface area contributed by atoms with Gasteiger partial charge in [0.1, 0.15) is 5.82 Å². The molecule has 0 bridgehead atoms. The van der Waals surface area contributed by atoms with Gasteiger partial charge in [-0.2, -0.15) is 4.31 Å². The number of halogens is 3. The van der Waals surface area contributed by atoms with Crippen molar-refractivity contribution in [1.82, 2.24) is 4.31 Å². The van der Waals surface area contributed by atoms with Gasteiger partial charge >= 0.3 is 0 Å². The summed E-state index contributed by atoms with van der Waals surface area (Å²) < 4.78 is 45.8. The van der Waals surface area contributed by atoms with Crippen molar-refractivity contribution in [3.05, 3.63) is 28.5 Å². The van der Waals surface area contributed by atoms with Crippen LogP contribution in [0, 0.1) is 5.82 Å². The normalized spacial score (nSPS) is 24.2. The van der Waals surface area contributed by atoms with Crippen molar-refractivity contribution >= 4 is 33.2 Å². The highest BCUT2D eigenvalue weighted by Gasteiger charge is 2.33. The molecule has 1 aliphatic heterocycles. The van der Waals surface area contributed by atoms with E-state index < -0.39 is 15.8 Å². The molecule has 0 unspecified atom stereocenters. The summed E-state index contributed by atoms with van der Waals surface area (Å²) in [7, 11) is -3.80. The second-order valence-electron chi connectivity index (χ2n) is 5.09. The number of morpholine rings is 1. The van der Waals surface area contributed by atoms with E-state index in [9.17, 15) is 12.8 Å². The molecule has 0 N–H and O–H groups in total. The fourth-order valence-corrected chi connectivity index (χ4v) is 4.45. The highest BCUT2D eigenvalue weighted by molar-refractivity contribution is 7.89. The van der Waals surface area contributed by atoms with Crippen LogP contribution in [0.1, 0.15) is 19.4 Å². The highest BCUT2D eigenvalue weighted by Crippen LogP contribution is 2.28. The highest BCUT2D eigenvalue weighted by atomic mass is 35.5. The first-order valence-corrected chi connectivity index (χ1v) is 8.80. The molecule has 2 rings (SSSR count). The Hall–Kier alpha value is -0.400. The molecule has 1 aromatic rings. The minimum atomic E-state index is -3.80. The molecule has 2 atom stereocenters. The summed E-state index contributed by atoms with van der Waals surface area (Å²) in [5.74, 6) is -0.850. The molecule has 8 heteroatoms. The van der Waals surface area contributed by atoms with Crippen molar-refractivity contribution in [2.24, 2.45) is 0 Å². The molecular weight excluding hydrogens is 340 g/mol. The molecule has 1 fully saturated rings. The van der Waals surface area contributed by atoms with Gasteiger partial charge in [-0.05, 0) is 31.5 Å².